The zero-order valence-corrected chi connectivity index (χ0v) is 26.2. The van der Waals surface area contributed by atoms with Crippen LogP contribution >= 0.6 is 0 Å². The van der Waals surface area contributed by atoms with Crippen LogP contribution in [0, 0.1) is 0 Å². The van der Waals surface area contributed by atoms with E-state index >= 15 is 0 Å². The van der Waals surface area contributed by atoms with Gasteiger partial charge in [-0.2, -0.15) is 0 Å². The molecule has 4 aliphatic rings. The lowest BCUT2D eigenvalue weighted by Gasteiger charge is -2.32. The van der Waals surface area contributed by atoms with E-state index in [0.717, 1.165) is 76.1 Å². The number of nitrogens with zero attached hydrogens (tertiary/aromatic N) is 2. The van der Waals surface area contributed by atoms with Gasteiger partial charge in [0, 0.05) is 43.3 Å². The van der Waals surface area contributed by atoms with Crippen molar-refractivity contribution < 1.29 is 24.2 Å². The molecular formula is C34H47N5O5. The highest BCUT2D eigenvalue weighted by atomic mass is 16.5. The monoisotopic (exact) mass is 605 g/mol. The van der Waals surface area contributed by atoms with Gasteiger partial charge in [-0.15, -0.1) is 0 Å². The number of likely N-dealkylation sites (N-methyl/N-ethyl adjacent to an activating group) is 1. The Labute approximate surface area is 259 Å². The fraction of sp³-hybridized carbons (Fsp3) is 0.559. The van der Waals surface area contributed by atoms with E-state index in [-0.39, 0.29) is 11.9 Å². The number of aromatic amines is 3. The molecule has 3 aliphatic carbocycles. The highest BCUT2D eigenvalue weighted by Crippen LogP contribution is 2.24. The van der Waals surface area contributed by atoms with E-state index in [2.05, 4.69) is 33.0 Å². The summed E-state index contributed by atoms with van der Waals surface area (Å²) in [5.74, 6) is -0.913. The minimum atomic E-state index is -0.857. The molecule has 1 amide bonds. The number of hydrogen-bond donors (Lipinski definition) is 4. The Hall–Kier alpha value is -3.79. The summed E-state index contributed by atoms with van der Waals surface area (Å²) in [4.78, 5) is 48.0. The molecule has 0 radical (unpaired) electrons. The van der Waals surface area contributed by atoms with E-state index in [1.807, 2.05) is 17.9 Å². The summed E-state index contributed by atoms with van der Waals surface area (Å²) in [5.41, 5.74) is 9.22. The molecule has 0 aromatic carbocycles. The maximum Gasteiger partial charge on any atom is 0.354 e. The predicted molar refractivity (Wildman–Crippen MR) is 169 cm³/mol. The third-order valence-electron chi connectivity index (χ3n) is 9.09. The van der Waals surface area contributed by atoms with Crippen LogP contribution in [0.4, 0.5) is 0 Å². The molecule has 44 heavy (non-hydrogen) atoms. The Morgan fingerprint density at radius 3 is 1.59 bits per heavy atom. The number of carboxylic acid groups (broad SMARTS) is 1. The summed E-state index contributed by atoms with van der Waals surface area (Å²) in [5, 5.41) is 8.70. The summed E-state index contributed by atoms with van der Waals surface area (Å²) in [6.07, 6.45) is 13.7. The molecule has 0 saturated carbocycles. The van der Waals surface area contributed by atoms with Crippen LogP contribution in [0.25, 0.3) is 0 Å². The number of carbonyl (C=O) groups is 3. The smallest absolute Gasteiger partial charge is 0.354 e. The second-order valence-electron chi connectivity index (χ2n) is 12.3. The van der Waals surface area contributed by atoms with Crippen LogP contribution in [0.1, 0.15) is 111 Å². The number of aryl methyl sites for hydroxylation is 6. The van der Waals surface area contributed by atoms with Crippen molar-refractivity contribution >= 4 is 17.8 Å². The average molecular weight is 606 g/mol. The number of piperazine rings is 1. The predicted octanol–water partition coefficient (Wildman–Crippen LogP) is 4.94. The van der Waals surface area contributed by atoms with Crippen LogP contribution in [0.5, 0.6) is 0 Å². The van der Waals surface area contributed by atoms with Gasteiger partial charge in [0.05, 0.1) is 6.61 Å². The van der Waals surface area contributed by atoms with Crippen molar-refractivity contribution in [3.63, 3.8) is 0 Å². The molecule has 7 rings (SSSR count). The zero-order chi connectivity index (χ0) is 31.1. The molecule has 4 heterocycles. The first-order valence-corrected chi connectivity index (χ1v) is 16.3. The lowest BCUT2D eigenvalue weighted by atomic mass is 9.98. The van der Waals surface area contributed by atoms with E-state index in [0.29, 0.717) is 18.0 Å². The van der Waals surface area contributed by atoms with Crippen molar-refractivity contribution in [2.24, 2.45) is 0 Å². The maximum atomic E-state index is 12.4. The maximum absolute atomic E-state index is 12.4. The molecule has 10 heteroatoms. The third kappa shape index (κ3) is 7.83. The average Bonchev–Trinajstić information content (AvgIpc) is 3.78. The number of carbonyl (C=O) groups excluding carboxylic acids is 2. The van der Waals surface area contributed by atoms with Crippen LogP contribution in [0.2, 0.25) is 0 Å². The number of fused-ring (bicyclic) bond motifs is 3. The number of aromatic nitrogens is 3. The Kier molecular flexibility index (Phi) is 10.6. The number of aromatic carboxylic acids is 1. The number of H-pyrrole nitrogens is 3. The first-order valence-electron chi connectivity index (χ1n) is 16.3. The first-order chi connectivity index (χ1) is 21.3. The van der Waals surface area contributed by atoms with E-state index in [4.69, 9.17) is 9.84 Å². The molecule has 0 atom stereocenters. The number of carboxylic acids is 1. The number of ether oxygens (including phenoxy) is 1. The lowest BCUT2D eigenvalue weighted by Crippen LogP contribution is -2.47. The molecule has 1 saturated heterocycles. The molecule has 0 unspecified atom stereocenters. The van der Waals surface area contributed by atoms with Gasteiger partial charge in [-0.1, -0.05) is 0 Å². The SMILES string of the molecule is CCOC(=O)c1cc2c([nH]1)CCCC2.CN1CCN(C(=O)c2cc3c([nH]2)CCCC3)CC1.O=C(O)c1cc2c([nH]1)CCCC2. The largest absolute Gasteiger partial charge is 0.477 e. The van der Waals surface area contributed by atoms with Crippen molar-refractivity contribution in [1.29, 1.82) is 0 Å². The minimum absolute atomic E-state index is 0.178. The van der Waals surface area contributed by atoms with Crippen molar-refractivity contribution in [3.8, 4) is 0 Å². The van der Waals surface area contributed by atoms with E-state index < -0.39 is 5.97 Å². The van der Waals surface area contributed by atoms with E-state index in [9.17, 15) is 14.4 Å². The van der Waals surface area contributed by atoms with Crippen molar-refractivity contribution in [1.82, 2.24) is 24.8 Å². The van der Waals surface area contributed by atoms with Gasteiger partial charge in [0.1, 0.15) is 17.1 Å². The van der Waals surface area contributed by atoms with Gasteiger partial charge in [0.25, 0.3) is 5.91 Å². The second-order valence-corrected chi connectivity index (χ2v) is 12.3. The van der Waals surface area contributed by atoms with E-state index in [1.54, 1.807) is 6.07 Å². The van der Waals surface area contributed by atoms with E-state index in [1.165, 1.54) is 66.6 Å². The van der Waals surface area contributed by atoms with Crippen LogP contribution in [-0.4, -0.2) is 87.5 Å². The van der Waals surface area contributed by atoms with Gasteiger partial charge >= 0.3 is 11.9 Å². The fourth-order valence-corrected chi connectivity index (χ4v) is 6.54. The number of rotatable bonds is 4. The topological polar surface area (TPSA) is 135 Å². The van der Waals surface area contributed by atoms with Gasteiger partial charge in [-0.25, -0.2) is 9.59 Å². The first kappa shape index (κ1) is 31.6. The fourth-order valence-electron chi connectivity index (χ4n) is 6.54. The highest BCUT2D eigenvalue weighted by molar-refractivity contribution is 5.93. The van der Waals surface area contributed by atoms with Crippen molar-refractivity contribution in [3.05, 3.63) is 69.1 Å². The number of esters is 1. The third-order valence-corrected chi connectivity index (χ3v) is 9.09. The minimum Gasteiger partial charge on any atom is -0.477 e. The summed E-state index contributed by atoms with van der Waals surface area (Å²) < 4.78 is 4.94. The standard InChI is InChI=1S/C14H21N3O.C11H15NO2.C9H11NO2/c1-16-6-8-17(9-7-16)14(18)13-10-11-4-2-3-5-12(11)15-13;1-2-14-11(13)10-7-8-5-3-4-6-9(8)12-10;11-9(12)8-5-6-3-1-2-4-7(6)10-8/h10,15H,2-9H2,1H3;7,12H,2-6H2,1H3;5,10H,1-4H2,(H,11,12). The molecule has 1 fully saturated rings. The Balaban J connectivity index is 0.000000134. The van der Waals surface area contributed by atoms with Crippen LogP contribution in [0.15, 0.2) is 18.2 Å². The molecule has 0 bridgehead atoms. The van der Waals surface area contributed by atoms with Crippen LogP contribution in [0.3, 0.4) is 0 Å². The summed E-state index contributed by atoms with van der Waals surface area (Å²) in [7, 11) is 2.11. The summed E-state index contributed by atoms with van der Waals surface area (Å²) in [6.45, 7) is 5.90. The molecule has 4 N–H and O–H groups in total. The number of hydrogen-bond acceptors (Lipinski definition) is 5. The zero-order valence-electron chi connectivity index (χ0n) is 26.2. The van der Waals surface area contributed by atoms with Gasteiger partial charge in [0.2, 0.25) is 0 Å². The summed E-state index contributed by atoms with van der Waals surface area (Å²) >= 11 is 0. The molecule has 1 aliphatic heterocycles. The second kappa shape index (κ2) is 14.8. The molecule has 10 nitrogen and oxygen atoms in total. The molecule has 238 valence electrons. The molecule has 3 aromatic rings. The Morgan fingerprint density at radius 2 is 1.11 bits per heavy atom. The molecule has 3 aromatic heterocycles. The van der Waals surface area contributed by atoms with Gasteiger partial charge in [0.15, 0.2) is 0 Å². The normalized spacial score (nSPS) is 17.5. The molecular weight excluding hydrogens is 558 g/mol. The molecule has 0 spiro atoms. The van der Waals surface area contributed by atoms with Crippen molar-refractivity contribution in [2.45, 2.75) is 84.0 Å². The van der Waals surface area contributed by atoms with Crippen molar-refractivity contribution in [2.75, 3.05) is 39.8 Å². The highest BCUT2D eigenvalue weighted by Gasteiger charge is 2.23. The van der Waals surface area contributed by atoms with Gasteiger partial charge in [-0.3, -0.25) is 4.79 Å². The number of nitrogens with one attached hydrogen (secondary N) is 3. The van der Waals surface area contributed by atoms with Gasteiger partial charge in [-0.05, 0) is 126 Å². The lowest BCUT2D eigenvalue weighted by molar-refractivity contribution is 0.0519. The Bertz CT molecular complexity index is 1370. The number of amides is 1. The quantitative estimate of drug-likeness (QED) is 0.311. The van der Waals surface area contributed by atoms with Crippen LogP contribution in [-0.2, 0) is 43.3 Å². The van der Waals surface area contributed by atoms with Gasteiger partial charge < -0.3 is 34.6 Å². The Morgan fingerprint density at radius 1 is 0.682 bits per heavy atom. The summed E-state index contributed by atoms with van der Waals surface area (Å²) in [6, 6.07) is 5.78. The van der Waals surface area contributed by atoms with Crippen LogP contribution < -0.4 is 0 Å².